The van der Waals surface area contributed by atoms with Crippen LogP contribution in [-0.2, 0) is 9.47 Å². The number of carboxylic acid groups (broad SMARTS) is 4. The number of ether oxygens (including phenoxy) is 2. The third-order valence-electron chi connectivity index (χ3n) is 5.88. The molecule has 4 aromatic carbocycles. The quantitative estimate of drug-likeness (QED) is 0.0845. The molecular formula is C46H62Fm2O14-2. The summed E-state index contributed by atoms with van der Waals surface area (Å²) in [6.45, 7) is 16.5. The monoisotopic (exact) mass is 1350 g/mol. The van der Waals surface area contributed by atoms with Crippen molar-refractivity contribution in [3.63, 3.8) is 0 Å². The Morgan fingerprint density at radius 3 is 0.645 bits per heavy atom. The second-order valence-electron chi connectivity index (χ2n) is 10.2. The molecule has 6 rings (SSSR count). The Kier molecular flexibility index (Phi) is 44.4. The number of hydrogen-bond donors (Lipinski definition) is 4. The van der Waals surface area contributed by atoms with E-state index in [0.29, 0.717) is 22.3 Å². The van der Waals surface area contributed by atoms with E-state index < -0.39 is 47.8 Å². The number of rotatable bonds is 4. The minimum atomic E-state index is -1.23. The second-order valence-corrected chi connectivity index (χ2v) is 10.2. The van der Waals surface area contributed by atoms with E-state index in [9.17, 15) is 38.4 Å². The van der Waals surface area contributed by atoms with Gasteiger partial charge in [-0.3, -0.25) is 0 Å². The maximum absolute atomic E-state index is 10.8. The molecule has 0 saturated carbocycles. The van der Waals surface area contributed by atoms with Crippen LogP contribution in [0.1, 0.15) is 166 Å². The fourth-order valence-electron chi connectivity index (χ4n) is 3.78. The molecule has 0 aromatic heterocycles. The fourth-order valence-corrected chi connectivity index (χ4v) is 3.78. The van der Waals surface area contributed by atoms with Gasteiger partial charge in [0.15, 0.2) is 0 Å². The first-order chi connectivity index (χ1) is 26.7. The Balaban J connectivity index is -0.0000000947. The summed E-state index contributed by atoms with van der Waals surface area (Å²) in [4.78, 5) is 85.2. The molecule has 62 heavy (non-hydrogen) atoms. The predicted octanol–water partition coefficient (Wildman–Crippen LogP) is 11.2. The number of benzene rings is 4. The van der Waals surface area contributed by atoms with E-state index in [-0.39, 0.29) is 52.0 Å². The topological polar surface area (TPSA) is 236 Å². The first-order valence-electron chi connectivity index (χ1n) is 17.5. The maximum Gasteiger partial charge on any atom is 0.346 e. The fraction of sp³-hybridized carbons (Fsp3) is 0.261. The van der Waals surface area contributed by atoms with Gasteiger partial charge in [-0.2, -0.15) is 0 Å². The van der Waals surface area contributed by atoms with E-state index in [1.807, 2.05) is 27.7 Å². The van der Waals surface area contributed by atoms with Crippen molar-refractivity contribution in [3.8, 4) is 0 Å². The molecule has 2 aliphatic rings. The molecule has 0 radical (unpaired) electrons. The summed E-state index contributed by atoms with van der Waals surface area (Å²) in [7, 11) is 0. The minimum absolute atomic E-state index is 0. The molecule has 0 unspecified atom stereocenters. The predicted molar refractivity (Wildman–Crippen MR) is 234 cm³/mol. The van der Waals surface area contributed by atoms with Crippen LogP contribution in [0, 0.1) is 14.9 Å². The van der Waals surface area contributed by atoms with E-state index in [1.165, 1.54) is 61.4 Å². The zero-order valence-electron chi connectivity index (χ0n) is 35.1. The zero-order valence-corrected chi connectivity index (χ0v) is 39.9. The van der Waals surface area contributed by atoms with Crippen molar-refractivity contribution in [2.75, 3.05) is 0 Å². The van der Waals surface area contributed by atoms with Crippen LogP contribution in [0.25, 0.3) is 0 Å². The smallest absolute Gasteiger partial charge is 0.346 e. The van der Waals surface area contributed by atoms with Crippen molar-refractivity contribution >= 4 is 47.8 Å². The SMILES string of the molecule is C.C.CC.CC.CCC.CCC.O=C(O)c1ccccc1C(=O)O.O=C(O)c1ccccc1C(=O)O.O=C1OC(=O)c2ccccc21.O=C1OC(=O)c2ccccc21.[CH3-].[CH3-].[Fm].[Fm]. The van der Waals surface area contributed by atoms with Gasteiger partial charge in [0.25, 0.3) is 0 Å². The average Bonchev–Trinajstić information content (AvgIpc) is 3.66. The molecule has 14 nitrogen and oxygen atoms in total. The van der Waals surface area contributed by atoms with Crippen molar-refractivity contribution in [2.45, 2.75) is 83.1 Å². The van der Waals surface area contributed by atoms with Crippen molar-refractivity contribution in [3.05, 3.63) is 156 Å². The van der Waals surface area contributed by atoms with Crippen molar-refractivity contribution in [2.24, 2.45) is 0 Å². The molecule has 0 atom stereocenters. The number of aromatic carboxylic acids is 4. The summed E-state index contributed by atoms with van der Waals surface area (Å²) in [5.74, 6) is -7.12. The van der Waals surface area contributed by atoms with Crippen LogP contribution in [0.2, 0.25) is 0 Å². The summed E-state index contributed by atoms with van der Waals surface area (Å²) < 4.78 is 8.71. The van der Waals surface area contributed by atoms with Crippen LogP contribution in [0.4, 0.5) is 0 Å². The molecule has 0 amide bonds. The largest absolute Gasteiger partial charge is 0.478 e. The summed E-state index contributed by atoms with van der Waals surface area (Å²) in [5.41, 5.74) is 0.676. The number of carbonyl (C=O) groups excluding carboxylic acids is 4. The summed E-state index contributed by atoms with van der Waals surface area (Å²) in [5, 5.41) is 34.2. The second kappa shape index (κ2) is 38.9. The molecule has 16 heteroatoms. The van der Waals surface area contributed by atoms with Crippen molar-refractivity contribution in [1.29, 1.82) is 0 Å². The van der Waals surface area contributed by atoms with E-state index in [2.05, 4.69) is 37.2 Å². The number of esters is 4. The summed E-state index contributed by atoms with van der Waals surface area (Å²) in [6.07, 6.45) is 2.50. The van der Waals surface area contributed by atoms with Crippen molar-refractivity contribution in [1.82, 2.24) is 0 Å². The van der Waals surface area contributed by atoms with Crippen LogP contribution in [0.15, 0.2) is 97.1 Å². The van der Waals surface area contributed by atoms with Gasteiger partial charge < -0.3 is 44.8 Å². The van der Waals surface area contributed by atoms with Gasteiger partial charge in [0.05, 0.1) is 44.5 Å². The molecule has 0 bridgehead atoms. The van der Waals surface area contributed by atoms with E-state index >= 15 is 0 Å². The minimum Gasteiger partial charge on any atom is -0.478 e. The van der Waals surface area contributed by atoms with Gasteiger partial charge in [0.2, 0.25) is 0 Å². The molecular weight excluding hydrogens is 1290 g/mol. The molecule has 2 aliphatic heterocycles. The number of carboxylic acids is 4. The van der Waals surface area contributed by atoms with Crippen LogP contribution in [0.3, 0.4) is 0 Å². The molecule has 0 spiro atoms. The molecule has 4 N–H and O–H groups in total. The molecule has 356 valence electrons. The Bertz CT molecular complexity index is 1670. The van der Waals surface area contributed by atoms with Gasteiger partial charge in [-0.05, 0) is 48.5 Å². The van der Waals surface area contributed by atoms with Gasteiger partial charge in [-0.1, -0.05) is 132 Å². The molecule has 0 fully saturated rings. The van der Waals surface area contributed by atoms with Crippen LogP contribution in [0.5, 0.6) is 0 Å². The van der Waals surface area contributed by atoms with E-state index in [4.69, 9.17) is 20.4 Å². The van der Waals surface area contributed by atoms with Crippen molar-refractivity contribution < 1.29 is 68.3 Å². The molecule has 2 heterocycles. The Morgan fingerprint density at radius 1 is 0.387 bits per heavy atom. The molecule has 0 saturated heterocycles. The Hall–Kier alpha value is -8.96. The van der Waals surface area contributed by atoms with Gasteiger partial charge in [-0.25, -0.2) is 38.4 Å². The average molecular weight is 1350 g/mol. The maximum atomic E-state index is 10.8. The first-order valence-corrected chi connectivity index (χ1v) is 17.5. The van der Waals surface area contributed by atoms with E-state index in [0.717, 1.165) is 0 Å². The Labute approximate surface area is 354 Å². The first kappa shape index (κ1) is 70.8. The molecule has 0 aliphatic carbocycles. The van der Waals surface area contributed by atoms with Crippen LogP contribution in [-0.4, -0.2) is 68.2 Å². The van der Waals surface area contributed by atoms with Gasteiger partial charge in [0, 0.05) is 0 Å². The van der Waals surface area contributed by atoms with Gasteiger partial charge in [-0.15, -0.1) is 0 Å². The van der Waals surface area contributed by atoms with Gasteiger partial charge in [0.1, 0.15) is 0 Å². The molecule has 4 aromatic rings. The number of hydrogen-bond acceptors (Lipinski definition) is 10. The number of cyclic esters (lactones) is 4. The Morgan fingerprint density at radius 2 is 0.516 bits per heavy atom. The third-order valence-corrected chi connectivity index (χ3v) is 5.88. The number of fused-ring (bicyclic) bond motifs is 2. The summed E-state index contributed by atoms with van der Waals surface area (Å²) >= 11 is 0. The zero-order chi connectivity index (χ0) is 43.4. The van der Waals surface area contributed by atoms with Crippen LogP contribution >= 0.6 is 0 Å². The standard InChI is InChI=1S/2C8H6O4.2C8H4O3.2C3H8.2C2H6.2CH4.2CH3.2Fm/c2*9-7(10)5-3-1-2-4-6(5)8(11)12;2*9-7-5-3-1-2-4-6(5)8(10)11-7;2*1-3-2;2*1-2;;;;;;/h2*1-4H,(H,9,10)(H,11,12);2*1-4H;2*3H2,1-2H3;2*1-2H3;2*1H4;2*1H3;;/q;;;;;;;;;;2*-1;;. The van der Waals surface area contributed by atoms with E-state index in [1.54, 1.807) is 48.5 Å². The summed E-state index contributed by atoms with van der Waals surface area (Å²) in [6, 6.07) is 24.0. The van der Waals surface area contributed by atoms with Gasteiger partial charge >= 0.3 is 47.8 Å². The van der Waals surface area contributed by atoms with Crippen LogP contribution < -0.4 is 0 Å². The normalized spacial score (nSPS) is 9.55. The number of carbonyl (C=O) groups is 8. The third kappa shape index (κ3) is 22.7.